The zero-order chi connectivity index (χ0) is 14.7. The summed E-state index contributed by atoms with van der Waals surface area (Å²) >= 11 is 0. The van der Waals surface area contributed by atoms with Gasteiger partial charge in [0.25, 0.3) is 0 Å². The summed E-state index contributed by atoms with van der Waals surface area (Å²) in [5.74, 6) is 3.21. The molecule has 112 valence electrons. The minimum Gasteiger partial charge on any atom is -0.373 e. The van der Waals surface area contributed by atoms with Gasteiger partial charge in [0, 0.05) is 38.2 Å². The third kappa shape index (κ3) is 3.39. The van der Waals surface area contributed by atoms with Crippen LogP contribution in [0.5, 0.6) is 0 Å². The first-order valence-electron chi connectivity index (χ1n) is 7.53. The second-order valence-electron chi connectivity index (χ2n) is 6.03. The number of hydrogen-bond donors (Lipinski definition) is 1. The molecule has 1 saturated heterocycles. The maximum Gasteiger partial charge on any atom is 0.135 e. The van der Waals surface area contributed by atoms with Crippen LogP contribution in [0.25, 0.3) is 0 Å². The van der Waals surface area contributed by atoms with E-state index in [9.17, 15) is 0 Å². The lowest BCUT2D eigenvalue weighted by atomic mass is 10.2. The Hall–Kier alpha value is -1.36. The van der Waals surface area contributed by atoms with E-state index in [2.05, 4.69) is 54.0 Å². The molecule has 2 rings (SSSR count). The molecule has 0 aliphatic carbocycles. The van der Waals surface area contributed by atoms with Crippen molar-refractivity contribution >= 4 is 11.6 Å². The Morgan fingerprint density at radius 2 is 2.05 bits per heavy atom. The maximum atomic E-state index is 4.78. The van der Waals surface area contributed by atoms with Gasteiger partial charge < -0.3 is 15.1 Å². The van der Waals surface area contributed by atoms with Gasteiger partial charge in [-0.25, -0.2) is 9.97 Å². The molecule has 1 aliphatic heterocycles. The van der Waals surface area contributed by atoms with Gasteiger partial charge in [-0.2, -0.15) is 0 Å². The van der Waals surface area contributed by atoms with Crippen LogP contribution in [0.3, 0.4) is 0 Å². The molecule has 1 aromatic heterocycles. The molecule has 0 saturated carbocycles. The van der Waals surface area contributed by atoms with E-state index in [1.54, 1.807) is 0 Å². The summed E-state index contributed by atoms with van der Waals surface area (Å²) < 4.78 is 0. The molecule has 0 spiro atoms. The molecule has 0 bridgehead atoms. The van der Waals surface area contributed by atoms with E-state index in [0.717, 1.165) is 37.1 Å². The van der Waals surface area contributed by atoms with Gasteiger partial charge in [-0.1, -0.05) is 13.8 Å². The average Bonchev–Trinajstić information content (AvgIpc) is 2.58. The van der Waals surface area contributed by atoms with E-state index in [1.807, 2.05) is 7.05 Å². The molecule has 1 N–H and O–H groups in total. The van der Waals surface area contributed by atoms with Crippen molar-refractivity contribution in [2.24, 2.45) is 0 Å². The lowest BCUT2D eigenvalue weighted by molar-refractivity contribution is 0.337. The monoisotopic (exact) mass is 277 g/mol. The molecule has 20 heavy (non-hydrogen) atoms. The van der Waals surface area contributed by atoms with Crippen LogP contribution in [0.4, 0.5) is 11.6 Å². The molecule has 1 fully saturated rings. The fourth-order valence-electron chi connectivity index (χ4n) is 2.70. The summed E-state index contributed by atoms with van der Waals surface area (Å²) in [5.41, 5.74) is 0. The van der Waals surface area contributed by atoms with Crippen LogP contribution in [-0.4, -0.2) is 54.6 Å². The average molecular weight is 277 g/mol. The second-order valence-corrected chi connectivity index (χ2v) is 6.03. The van der Waals surface area contributed by atoms with Gasteiger partial charge >= 0.3 is 0 Å². The van der Waals surface area contributed by atoms with E-state index >= 15 is 0 Å². The predicted octanol–water partition coefficient (Wildman–Crippen LogP) is 2.17. The summed E-state index contributed by atoms with van der Waals surface area (Å²) in [5, 5.41) is 3.15. The first kappa shape index (κ1) is 15.0. The second kappa shape index (κ2) is 6.39. The van der Waals surface area contributed by atoms with Crippen LogP contribution in [0.15, 0.2) is 6.07 Å². The number of likely N-dealkylation sites (N-methyl/N-ethyl adjacent to an activating group) is 1. The standard InChI is InChI=1S/C15H27N5/c1-11(2)15-17-13(16-4)9-14(18-15)20-8-6-7-19(5)10-12(20)3/h9,11-12H,6-8,10H2,1-5H3,(H,16,17,18). The first-order valence-corrected chi connectivity index (χ1v) is 7.53. The van der Waals surface area contributed by atoms with Crippen LogP contribution in [-0.2, 0) is 0 Å². The van der Waals surface area contributed by atoms with Crippen molar-refractivity contribution < 1.29 is 0 Å². The molecular weight excluding hydrogens is 250 g/mol. The van der Waals surface area contributed by atoms with E-state index < -0.39 is 0 Å². The third-order valence-electron chi connectivity index (χ3n) is 3.84. The highest BCUT2D eigenvalue weighted by atomic mass is 15.3. The summed E-state index contributed by atoms with van der Waals surface area (Å²) in [4.78, 5) is 14.1. The molecule has 0 radical (unpaired) electrons. The Morgan fingerprint density at radius 3 is 2.70 bits per heavy atom. The van der Waals surface area contributed by atoms with Gasteiger partial charge in [-0.05, 0) is 26.9 Å². The van der Waals surface area contributed by atoms with Crippen LogP contribution in [0.2, 0.25) is 0 Å². The summed E-state index contributed by atoms with van der Waals surface area (Å²) in [6, 6.07) is 2.54. The molecule has 0 amide bonds. The largest absolute Gasteiger partial charge is 0.373 e. The Bertz CT molecular complexity index is 446. The summed E-state index contributed by atoms with van der Waals surface area (Å²) in [6.07, 6.45) is 1.18. The Balaban J connectivity index is 2.32. The van der Waals surface area contributed by atoms with Crippen molar-refractivity contribution in [3.63, 3.8) is 0 Å². The first-order chi connectivity index (χ1) is 9.51. The highest BCUT2D eigenvalue weighted by molar-refractivity contribution is 5.50. The smallest absolute Gasteiger partial charge is 0.135 e. The number of anilines is 2. The molecule has 5 nitrogen and oxygen atoms in total. The van der Waals surface area contributed by atoms with Crippen molar-refractivity contribution in [2.45, 2.75) is 39.2 Å². The molecule has 2 heterocycles. The predicted molar refractivity (Wildman–Crippen MR) is 84.6 cm³/mol. The highest BCUT2D eigenvalue weighted by Gasteiger charge is 2.22. The lowest BCUT2D eigenvalue weighted by Crippen LogP contribution is -2.38. The van der Waals surface area contributed by atoms with Gasteiger partial charge in [0.15, 0.2) is 0 Å². The molecule has 1 atom stereocenters. The topological polar surface area (TPSA) is 44.3 Å². The van der Waals surface area contributed by atoms with Crippen LogP contribution in [0.1, 0.15) is 38.9 Å². The highest BCUT2D eigenvalue weighted by Crippen LogP contribution is 2.23. The molecule has 1 aliphatic rings. The van der Waals surface area contributed by atoms with Crippen molar-refractivity contribution in [1.29, 1.82) is 0 Å². The number of aromatic nitrogens is 2. The normalized spacial score (nSPS) is 21.1. The van der Waals surface area contributed by atoms with Crippen molar-refractivity contribution in [3.8, 4) is 0 Å². The third-order valence-corrected chi connectivity index (χ3v) is 3.84. The van der Waals surface area contributed by atoms with Gasteiger partial charge in [0.05, 0.1) is 0 Å². The number of nitrogens with zero attached hydrogens (tertiary/aromatic N) is 4. The summed E-state index contributed by atoms with van der Waals surface area (Å²) in [7, 11) is 4.11. The SMILES string of the molecule is CNc1cc(N2CCCN(C)CC2C)nc(C(C)C)n1. The van der Waals surface area contributed by atoms with E-state index in [1.165, 1.54) is 6.42 Å². The molecular formula is C15H27N5. The van der Waals surface area contributed by atoms with Crippen LogP contribution in [0, 0.1) is 0 Å². The Morgan fingerprint density at radius 1 is 1.30 bits per heavy atom. The molecule has 0 aromatic carbocycles. The fraction of sp³-hybridized carbons (Fsp3) is 0.733. The van der Waals surface area contributed by atoms with Crippen molar-refractivity contribution in [2.75, 3.05) is 43.9 Å². The van der Waals surface area contributed by atoms with E-state index in [4.69, 9.17) is 4.98 Å². The summed E-state index contributed by atoms with van der Waals surface area (Å²) in [6.45, 7) is 9.84. The van der Waals surface area contributed by atoms with Gasteiger partial charge in [0.2, 0.25) is 0 Å². The zero-order valence-corrected chi connectivity index (χ0v) is 13.3. The number of nitrogens with one attached hydrogen (secondary N) is 1. The zero-order valence-electron chi connectivity index (χ0n) is 13.3. The molecule has 5 heteroatoms. The molecule has 1 aromatic rings. The number of hydrogen-bond acceptors (Lipinski definition) is 5. The number of rotatable bonds is 3. The van der Waals surface area contributed by atoms with E-state index in [0.29, 0.717) is 12.0 Å². The van der Waals surface area contributed by atoms with Crippen LogP contribution < -0.4 is 10.2 Å². The Kier molecular flexibility index (Phi) is 4.81. The molecule has 1 unspecified atom stereocenters. The minimum atomic E-state index is 0.340. The quantitative estimate of drug-likeness (QED) is 0.917. The van der Waals surface area contributed by atoms with Gasteiger partial charge in [-0.15, -0.1) is 0 Å². The van der Waals surface area contributed by atoms with Crippen molar-refractivity contribution in [1.82, 2.24) is 14.9 Å². The van der Waals surface area contributed by atoms with Crippen LogP contribution >= 0.6 is 0 Å². The lowest BCUT2D eigenvalue weighted by Gasteiger charge is -2.29. The van der Waals surface area contributed by atoms with E-state index in [-0.39, 0.29) is 0 Å². The fourth-order valence-corrected chi connectivity index (χ4v) is 2.70. The van der Waals surface area contributed by atoms with Crippen molar-refractivity contribution in [3.05, 3.63) is 11.9 Å². The van der Waals surface area contributed by atoms with Gasteiger partial charge in [-0.3, -0.25) is 0 Å². The maximum absolute atomic E-state index is 4.78. The van der Waals surface area contributed by atoms with Gasteiger partial charge in [0.1, 0.15) is 17.5 Å². The minimum absolute atomic E-state index is 0.340. The Labute approximate surface area is 122 Å².